The fraction of sp³-hybridized carbons (Fsp3) is 0.577. The van der Waals surface area contributed by atoms with Gasteiger partial charge >= 0.3 is 0 Å². The summed E-state index contributed by atoms with van der Waals surface area (Å²) in [6, 6.07) is 3.52. The van der Waals surface area contributed by atoms with E-state index in [-0.39, 0.29) is 12.6 Å². The molecule has 0 bridgehead atoms. The molecule has 0 radical (unpaired) electrons. The number of anilines is 2. The summed E-state index contributed by atoms with van der Waals surface area (Å²) >= 11 is 0. The van der Waals surface area contributed by atoms with Gasteiger partial charge in [-0.25, -0.2) is 9.97 Å². The van der Waals surface area contributed by atoms with Crippen molar-refractivity contribution in [3.05, 3.63) is 23.5 Å². The molecule has 10 heteroatoms. The second kappa shape index (κ2) is 9.84. The Balaban J connectivity index is 1.56. The number of rotatable bonds is 9. The highest BCUT2D eigenvalue weighted by Crippen LogP contribution is 2.39. The molecule has 2 aliphatic rings. The van der Waals surface area contributed by atoms with Crippen LogP contribution in [0.3, 0.4) is 0 Å². The van der Waals surface area contributed by atoms with E-state index >= 15 is 0 Å². The molecule has 3 heterocycles. The van der Waals surface area contributed by atoms with Crippen molar-refractivity contribution in [3.8, 4) is 17.2 Å². The van der Waals surface area contributed by atoms with Crippen molar-refractivity contribution < 1.29 is 24.5 Å². The summed E-state index contributed by atoms with van der Waals surface area (Å²) in [5.41, 5.74) is 2.74. The van der Waals surface area contributed by atoms with Gasteiger partial charge in [0.25, 0.3) is 0 Å². The highest BCUT2D eigenvalue weighted by Gasteiger charge is 2.41. The molecule has 3 aromatic rings. The number of ether oxygens (including phenoxy) is 1. The van der Waals surface area contributed by atoms with Crippen LogP contribution in [-0.4, -0.2) is 67.8 Å². The number of pyridine rings is 1. The van der Waals surface area contributed by atoms with E-state index in [4.69, 9.17) is 19.1 Å². The molecule has 2 saturated carbocycles. The molecule has 5 rings (SSSR count). The number of nitrogens with one attached hydrogen (secondary N) is 2. The fourth-order valence-corrected chi connectivity index (χ4v) is 5.10. The van der Waals surface area contributed by atoms with Crippen LogP contribution in [0.25, 0.3) is 22.3 Å². The lowest BCUT2D eigenvalue weighted by molar-refractivity contribution is 0.00446. The Labute approximate surface area is 210 Å². The molecule has 0 spiro atoms. The zero-order valence-electron chi connectivity index (χ0n) is 21.2. The number of aromatic nitrogens is 3. The van der Waals surface area contributed by atoms with Crippen LogP contribution < -0.4 is 15.4 Å². The SMILES string of the molecule is CCOc1cc2cc(-c3c(C)nc(N[C@H](C)C4CC4)nc3N[C@@H]3C[C@H](CO)[C@@H](O)[C@H]3O)oc2c(C)n1. The Morgan fingerprint density at radius 3 is 2.56 bits per heavy atom. The Morgan fingerprint density at radius 1 is 1.11 bits per heavy atom. The normalized spacial score (nSPS) is 24.8. The number of aliphatic hydroxyl groups excluding tert-OH is 3. The lowest BCUT2D eigenvalue weighted by atomic mass is 10.1. The summed E-state index contributed by atoms with van der Waals surface area (Å²) < 4.78 is 11.8. The van der Waals surface area contributed by atoms with Crippen LogP contribution in [0.1, 0.15) is 44.5 Å². The first-order valence-corrected chi connectivity index (χ1v) is 12.7. The van der Waals surface area contributed by atoms with Gasteiger partial charge in [-0.15, -0.1) is 0 Å². The summed E-state index contributed by atoms with van der Waals surface area (Å²) in [6.07, 6.45) is 0.748. The molecule has 2 aliphatic carbocycles. The highest BCUT2D eigenvalue weighted by atomic mass is 16.5. The first-order valence-electron chi connectivity index (χ1n) is 12.7. The Kier molecular flexibility index (Phi) is 6.76. The predicted molar refractivity (Wildman–Crippen MR) is 136 cm³/mol. The maximum absolute atomic E-state index is 10.7. The molecular formula is C26H35N5O5. The second-order valence-corrected chi connectivity index (χ2v) is 10.0. The van der Waals surface area contributed by atoms with Crippen LogP contribution in [0.4, 0.5) is 11.8 Å². The quantitative estimate of drug-likeness (QED) is 0.299. The molecule has 36 heavy (non-hydrogen) atoms. The molecule has 0 aromatic carbocycles. The number of hydrogen-bond acceptors (Lipinski definition) is 10. The average Bonchev–Trinajstić information content (AvgIpc) is 3.55. The minimum Gasteiger partial charge on any atom is -0.478 e. The van der Waals surface area contributed by atoms with Gasteiger partial charge < -0.3 is 35.1 Å². The lowest BCUT2D eigenvalue weighted by Gasteiger charge is -2.22. The third-order valence-corrected chi connectivity index (χ3v) is 7.32. The number of nitrogens with zero attached hydrogens (tertiary/aromatic N) is 3. The van der Waals surface area contributed by atoms with E-state index in [1.807, 2.05) is 32.9 Å². The van der Waals surface area contributed by atoms with Crippen molar-refractivity contribution in [1.29, 1.82) is 0 Å². The second-order valence-electron chi connectivity index (χ2n) is 10.0. The minimum atomic E-state index is -1.04. The maximum atomic E-state index is 10.7. The zero-order valence-corrected chi connectivity index (χ0v) is 21.2. The third kappa shape index (κ3) is 4.72. The largest absolute Gasteiger partial charge is 0.478 e. The van der Waals surface area contributed by atoms with Crippen molar-refractivity contribution in [2.24, 2.45) is 11.8 Å². The van der Waals surface area contributed by atoms with Crippen LogP contribution in [0.2, 0.25) is 0 Å². The number of hydrogen-bond donors (Lipinski definition) is 5. The van der Waals surface area contributed by atoms with Crippen molar-refractivity contribution >= 4 is 22.7 Å². The molecule has 3 aromatic heterocycles. The van der Waals surface area contributed by atoms with Crippen molar-refractivity contribution in [1.82, 2.24) is 15.0 Å². The fourth-order valence-electron chi connectivity index (χ4n) is 5.10. The summed E-state index contributed by atoms with van der Waals surface area (Å²) in [5, 5.41) is 38.2. The summed E-state index contributed by atoms with van der Waals surface area (Å²) in [6.45, 7) is 8.13. The van der Waals surface area contributed by atoms with Gasteiger partial charge in [0.2, 0.25) is 11.8 Å². The molecular weight excluding hydrogens is 462 g/mol. The van der Waals surface area contributed by atoms with Gasteiger partial charge in [-0.2, -0.15) is 4.98 Å². The van der Waals surface area contributed by atoms with Gasteiger partial charge in [0.1, 0.15) is 17.7 Å². The Hall–Kier alpha value is -2.95. The Morgan fingerprint density at radius 2 is 1.89 bits per heavy atom. The van der Waals surface area contributed by atoms with Crippen LogP contribution in [0.5, 0.6) is 5.88 Å². The standard InChI is InChI=1S/C26H35N5O5/c1-5-35-20-10-16-9-19(36-24(16)14(4)27-20)21-13(3)29-26(28-12(2)15-6-7-15)31-25(21)30-18-8-17(11-32)22(33)23(18)34/h9-10,12,15,17-18,22-23,32-34H,5-8,11H2,1-4H3,(H2,28,29,30,31)/t12-,17-,18-,22-,23+/m1/s1. The van der Waals surface area contributed by atoms with Gasteiger partial charge in [0.05, 0.1) is 35.7 Å². The third-order valence-electron chi connectivity index (χ3n) is 7.32. The van der Waals surface area contributed by atoms with E-state index in [1.165, 1.54) is 12.8 Å². The van der Waals surface area contributed by atoms with Gasteiger partial charge in [-0.05, 0) is 58.9 Å². The topological polar surface area (TPSA) is 146 Å². The monoisotopic (exact) mass is 497 g/mol. The zero-order chi connectivity index (χ0) is 25.6. The van der Waals surface area contributed by atoms with Gasteiger partial charge in [-0.3, -0.25) is 0 Å². The summed E-state index contributed by atoms with van der Waals surface area (Å²) in [7, 11) is 0. The highest BCUT2D eigenvalue weighted by molar-refractivity contribution is 5.88. The number of fused-ring (bicyclic) bond motifs is 1. The smallest absolute Gasteiger partial charge is 0.225 e. The van der Waals surface area contributed by atoms with Gasteiger partial charge in [-0.1, -0.05) is 0 Å². The first-order chi connectivity index (χ1) is 17.3. The lowest BCUT2D eigenvalue weighted by Crippen LogP contribution is -2.36. The molecule has 5 N–H and O–H groups in total. The predicted octanol–water partition coefficient (Wildman–Crippen LogP) is 3.03. The van der Waals surface area contributed by atoms with E-state index in [1.54, 1.807) is 0 Å². The van der Waals surface area contributed by atoms with E-state index in [0.29, 0.717) is 64.9 Å². The van der Waals surface area contributed by atoms with Crippen molar-refractivity contribution in [2.45, 2.75) is 71.2 Å². The molecule has 194 valence electrons. The van der Waals surface area contributed by atoms with Crippen molar-refractivity contribution in [2.75, 3.05) is 23.8 Å². The van der Waals surface area contributed by atoms with E-state index in [0.717, 1.165) is 5.39 Å². The van der Waals surface area contributed by atoms with E-state index in [9.17, 15) is 15.3 Å². The first kappa shape index (κ1) is 24.7. The van der Waals surface area contributed by atoms with Crippen LogP contribution >= 0.6 is 0 Å². The van der Waals surface area contributed by atoms with Crippen LogP contribution in [0.15, 0.2) is 16.5 Å². The number of aryl methyl sites for hydroxylation is 2. The summed E-state index contributed by atoms with van der Waals surface area (Å²) in [5.74, 6) is 2.31. The summed E-state index contributed by atoms with van der Waals surface area (Å²) in [4.78, 5) is 14.0. The molecule has 0 amide bonds. The minimum absolute atomic E-state index is 0.199. The number of aliphatic hydroxyl groups is 3. The van der Waals surface area contributed by atoms with Gasteiger partial charge in [0.15, 0.2) is 5.58 Å². The molecule has 2 fully saturated rings. The molecule has 0 aliphatic heterocycles. The molecule has 5 atom stereocenters. The molecule has 0 unspecified atom stereocenters. The average molecular weight is 498 g/mol. The molecule has 0 saturated heterocycles. The number of furan rings is 1. The van der Waals surface area contributed by atoms with E-state index < -0.39 is 24.2 Å². The molecule has 10 nitrogen and oxygen atoms in total. The van der Waals surface area contributed by atoms with E-state index in [2.05, 4.69) is 22.5 Å². The van der Waals surface area contributed by atoms with Crippen LogP contribution in [0, 0.1) is 25.7 Å². The van der Waals surface area contributed by atoms with Crippen LogP contribution in [-0.2, 0) is 0 Å². The van der Waals surface area contributed by atoms with Crippen molar-refractivity contribution in [3.63, 3.8) is 0 Å². The van der Waals surface area contributed by atoms with Gasteiger partial charge in [0, 0.05) is 30.0 Å². The Bertz CT molecular complexity index is 1240. The maximum Gasteiger partial charge on any atom is 0.225 e.